The van der Waals surface area contributed by atoms with Crippen LogP contribution >= 0.6 is 0 Å². The van der Waals surface area contributed by atoms with E-state index in [2.05, 4.69) is 45.1 Å². The topological polar surface area (TPSA) is 38.3 Å². The molecule has 0 radical (unpaired) electrons. The SMILES string of the molecule is CCC(C)c1ccc(OCC(=O)Nc2ccc(C(C)C)cc2)cc1. The van der Waals surface area contributed by atoms with Gasteiger partial charge >= 0.3 is 0 Å². The lowest BCUT2D eigenvalue weighted by Gasteiger charge is -2.11. The fourth-order valence-corrected chi connectivity index (χ4v) is 2.43. The molecule has 2 rings (SSSR count). The second kappa shape index (κ2) is 8.53. The van der Waals surface area contributed by atoms with E-state index in [1.54, 1.807) is 0 Å². The highest BCUT2D eigenvalue weighted by Gasteiger charge is 2.06. The molecule has 1 atom stereocenters. The van der Waals surface area contributed by atoms with Gasteiger partial charge < -0.3 is 10.1 Å². The Kier molecular flexibility index (Phi) is 6.42. The Hall–Kier alpha value is -2.29. The van der Waals surface area contributed by atoms with E-state index in [1.165, 1.54) is 11.1 Å². The molecule has 24 heavy (non-hydrogen) atoms. The number of rotatable bonds is 7. The zero-order chi connectivity index (χ0) is 17.5. The molecule has 0 aromatic heterocycles. The summed E-state index contributed by atoms with van der Waals surface area (Å²) >= 11 is 0. The van der Waals surface area contributed by atoms with Crippen LogP contribution in [-0.2, 0) is 4.79 Å². The van der Waals surface area contributed by atoms with Crippen molar-refractivity contribution in [3.8, 4) is 5.75 Å². The van der Waals surface area contributed by atoms with Crippen LogP contribution in [0.3, 0.4) is 0 Å². The second-order valence-electron chi connectivity index (χ2n) is 6.49. The smallest absolute Gasteiger partial charge is 0.262 e. The molecule has 2 aromatic carbocycles. The van der Waals surface area contributed by atoms with Crippen molar-refractivity contribution in [2.45, 2.75) is 46.0 Å². The Labute approximate surface area is 145 Å². The average molecular weight is 325 g/mol. The maximum absolute atomic E-state index is 12.0. The molecule has 1 unspecified atom stereocenters. The van der Waals surface area contributed by atoms with E-state index >= 15 is 0 Å². The zero-order valence-electron chi connectivity index (χ0n) is 15.0. The lowest BCUT2D eigenvalue weighted by atomic mass is 9.99. The summed E-state index contributed by atoms with van der Waals surface area (Å²) in [6.07, 6.45) is 1.11. The highest BCUT2D eigenvalue weighted by Crippen LogP contribution is 2.21. The lowest BCUT2D eigenvalue weighted by Crippen LogP contribution is -2.20. The van der Waals surface area contributed by atoms with Gasteiger partial charge in [-0.2, -0.15) is 0 Å². The summed E-state index contributed by atoms with van der Waals surface area (Å²) in [5.41, 5.74) is 3.34. The van der Waals surface area contributed by atoms with Crippen molar-refractivity contribution in [1.29, 1.82) is 0 Å². The maximum atomic E-state index is 12.0. The quantitative estimate of drug-likeness (QED) is 0.746. The minimum absolute atomic E-state index is 0.00854. The van der Waals surface area contributed by atoms with Gasteiger partial charge in [0.1, 0.15) is 5.75 Å². The summed E-state index contributed by atoms with van der Waals surface area (Å²) in [6, 6.07) is 15.9. The van der Waals surface area contributed by atoms with E-state index in [1.807, 2.05) is 36.4 Å². The molecule has 3 nitrogen and oxygen atoms in total. The first-order chi connectivity index (χ1) is 11.5. The molecular weight excluding hydrogens is 298 g/mol. The van der Waals surface area contributed by atoms with E-state index in [-0.39, 0.29) is 12.5 Å². The average Bonchev–Trinajstić information content (AvgIpc) is 2.60. The third kappa shape index (κ3) is 5.12. The Morgan fingerprint density at radius 2 is 1.54 bits per heavy atom. The van der Waals surface area contributed by atoms with Gasteiger partial charge in [-0.15, -0.1) is 0 Å². The van der Waals surface area contributed by atoms with Crippen molar-refractivity contribution in [1.82, 2.24) is 0 Å². The van der Waals surface area contributed by atoms with Gasteiger partial charge in [0.15, 0.2) is 6.61 Å². The normalized spacial score (nSPS) is 12.0. The van der Waals surface area contributed by atoms with Crippen LogP contribution in [-0.4, -0.2) is 12.5 Å². The predicted octanol–water partition coefficient (Wildman–Crippen LogP) is 5.34. The van der Waals surface area contributed by atoms with Crippen LogP contribution in [0, 0.1) is 0 Å². The number of carbonyl (C=O) groups is 1. The highest BCUT2D eigenvalue weighted by atomic mass is 16.5. The van der Waals surface area contributed by atoms with Gasteiger partial charge in [-0.05, 0) is 53.6 Å². The molecule has 0 aliphatic rings. The molecule has 0 saturated heterocycles. The molecule has 0 aliphatic heterocycles. The summed E-state index contributed by atoms with van der Waals surface area (Å²) in [7, 11) is 0. The fraction of sp³-hybridized carbons (Fsp3) is 0.381. The van der Waals surface area contributed by atoms with Crippen LogP contribution in [0.5, 0.6) is 5.75 Å². The predicted molar refractivity (Wildman–Crippen MR) is 99.8 cm³/mol. The third-order valence-electron chi connectivity index (χ3n) is 4.29. The van der Waals surface area contributed by atoms with Crippen LogP contribution in [0.15, 0.2) is 48.5 Å². The molecular formula is C21H27NO2. The van der Waals surface area contributed by atoms with Crippen molar-refractivity contribution in [2.75, 3.05) is 11.9 Å². The first-order valence-electron chi connectivity index (χ1n) is 8.62. The van der Waals surface area contributed by atoms with Crippen molar-refractivity contribution in [2.24, 2.45) is 0 Å². The number of hydrogen-bond donors (Lipinski definition) is 1. The van der Waals surface area contributed by atoms with Gasteiger partial charge in [0.05, 0.1) is 0 Å². The van der Waals surface area contributed by atoms with Gasteiger partial charge in [-0.3, -0.25) is 4.79 Å². The zero-order valence-corrected chi connectivity index (χ0v) is 15.0. The van der Waals surface area contributed by atoms with E-state index in [0.29, 0.717) is 17.6 Å². The van der Waals surface area contributed by atoms with Crippen LogP contribution in [0.1, 0.15) is 57.1 Å². The van der Waals surface area contributed by atoms with Crippen molar-refractivity contribution < 1.29 is 9.53 Å². The monoisotopic (exact) mass is 325 g/mol. The number of anilines is 1. The second-order valence-corrected chi connectivity index (χ2v) is 6.49. The summed E-state index contributed by atoms with van der Waals surface area (Å²) in [5.74, 6) is 1.58. The van der Waals surface area contributed by atoms with Crippen molar-refractivity contribution in [3.63, 3.8) is 0 Å². The Morgan fingerprint density at radius 1 is 0.958 bits per heavy atom. The Bertz CT molecular complexity index is 645. The molecule has 3 heteroatoms. The molecule has 128 valence electrons. The molecule has 0 spiro atoms. The first kappa shape index (κ1) is 18.1. The fourth-order valence-electron chi connectivity index (χ4n) is 2.43. The van der Waals surface area contributed by atoms with Gasteiger partial charge in [0.25, 0.3) is 5.91 Å². The number of ether oxygens (including phenoxy) is 1. The van der Waals surface area contributed by atoms with Crippen LogP contribution in [0.25, 0.3) is 0 Å². The molecule has 1 N–H and O–H groups in total. The maximum Gasteiger partial charge on any atom is 0.262 e. The molecule has 0 fully saturated rings. The van der Waals surface area contributed by atoms with Gasteiger partial charge in [0.2, 0.25) is 0 Å². The minimum atomic E-state index is -0.154. The Balaban J connectivity index is 1.84. The van der Waals surface area contributed by atoms with E-state index in [9.17, 15) is 4.79 Å². The molecule has 0 bridgehead atoms. The van der Waals surface area contributed by atoms with Gasteiger partial charge in [0, 0.05) is 5.69 Å². The summed E-state index contributed by atoms with van der Waals surface area (Å²) in [6.45, 7) is 8.68. The minimum Gasteiger partial charge on any atom is -0.484 e. The summed E-state index contributed by atoms with van der Waals surface area (Å²) < 4.78 is 5.56. The van der Waals surface area contributed by atoms with Gasteiger partial charge in [-0.25, -0.2) is 0 Å². The van der Waals surface area contributed by atoms with Gasteiger partial charge in [-0.1, -0.05) is 52.0 Å². The standard InChI is InChI=1S/C21H27NO2/c1-5-16(4)18-8-12-20(13-9-18)24-14-21(23)22-19-10-6-17(7-11-19)15(2)3/h6-13,15-16H,5,14H2,1-4H3,(H,22,23). The first-order valence-corrected chi connectivity index (χ1v) is 8.62. The van der Waals surface area contributed by atoms with E-state index < -0.39 is 0 Å². The van der Waals surface area contributed by atoms with Crippen LogP contribution < -0.4 is 10.1 Å². The van der Waals surface area contributed by atoms with E-state index in [4.69, 9.17) is 4.74 Å². The van der Waals surface area contributed by atoms with Crippen molar-refractivity contribution >= 4 is 11.6 Å². The number of nitrogens with one attached hydrogen (secondary N) is 1. The number of carbonyl (C=O) groups excluding carboxylic acids is 1. The summed E-state index contributed by atoms with van der Waals surface area (Å²) in [5, 5.41) is 2.85. The lowest BCUT2D eigenvalue weighted by molar-refractivity contribution is -0.118. The van der Waals surface area contributed by atoms with Crippen LogP contribution in [0.4, 0.5) is 5.69 Å². The molecule has 0 heterocycles. The molecule has 0 saturated carbocycles. The van der Waals surface area contributed by atoms with E-state index in [0.717, 1.165) is 12.1 Å². The summed E-state index contributed by atoms with van der Waals surface area (Å²) in [4.78, 5) is 12.0. The number of benzene rings is 2. The highest BCUT2D eigenvalue weighted by molar-refractivity contribution is 5.91. The molecule has 1 amide bonds. The van der Waals surface area contributed by atoms with Crippen molar-refractivity contribution in [3.05, 3.63) is 59.7 Å². The third-order valence-corrected chi connectivity index (χ3v) is 4.29. The largest absolute Gasteiger partial charge is 0.484 e. The molecule has 0 aliphatic carbocycles. The Morgan fingerprint density at radius 3 is 2.08 bits per heavy atom. The molecule has 2 aromatic rings. The number of amides is 1. The van der Waals surface area contributed by atoms with Crippen LogP contribution in [0.2, 0.25) is 0 Å². The number of hydrogen-bond acceptors (Lipinski definition) is 2.